The lowest BCUT2D eigenvalue weighted by molar-refractivity contribution is 0.621. The lowest BCUT2D eigenvalue weighted by Gasteiger charge is -2.07. The average molecular weight is 256 g/mol. The molecule has 0 saturated heterocycles. The number of hydrogen-bond acceptors (Lipinski definition) is 3. The molecule has 0 bridgehead atoms. The Morgan fingerprint density at radius 1 is 1.16 bits per heavy atom. The van der Waals surface area contributed by atoms with E-state index < -0.39 is 0 Å². The summed E-state index contributed by atoms with van der Waals surface area (Å²) in [7, 11) is 1.81. The van der Waals surface area contributed by atoms with Crippen molar-refractivity contribution in [1.29, 1.82) is 0 Å². The van der Waals surface area contributed by atoms with Gasteiger partial charge in [0, 0.05) is 12.6 Å². The second kappa shape index (κ2) is 4.12. The molecule has 96 valence electrons. The van der Waals surface area contributed by atoms with Crippen LogP contribution in [0.25, 0.3) is 22.3 Å². The number of halogens is 1. The molecule has 4 nitrogen and oxygen atoms in total. The normalized spacial score (nSPS) is 11.2. The van der Waals surface area contributed by atoms with Crippen molar-refractivity contribution >= 4 is 11.0 Å². The summed E-state index contributed by atoms with van der Waals surface area (Å²) in [6, 6.07) is 5.30. The maximum atomic E-state index is 14.3. The number of hydrogen-bond donors (Lipinski definition) is 0. The van der Waals surface area contributed by atoms with Gasteiger partial charge in [0.1, 0.15) is 11.6 Å². The highest BCUT2D eigenvalue weighted by Gasteiger charge is 2.15. The summed E-state index contributed by atoms with van der Waals surface area (Å²) in [5, 5.41) is 4.93. The fourth-order valence-electron chi connectivity index (χ4n) is 2.17. The summed E-state index contributed by atoms with van der Waals surface area (Å²) >= 11 is 0. The van der Waals surface area contributed by atoms with Crippen molar-refractivity contribution in [3.63, 3.8) is 0 Å². The number of aryl methyl sites for hydroxylation is 3. The second-order valence-corrected chi connectivity index (χ2v) is 4.56. The highest BCUT2D eigenvalue weighted by atomic mass is 19.1. The van der Waals surface area contributed by atoms with Gasteiger partial charge in [0.15, 0.2) is 5.65 Å². The molecule has 0 amide bonds. The Balaban J connectivity index is 2.39. The summed E-state index contributed by atoms with van der Waals surface area (Å²) in [5.74, 6) is 0.359. The molecule has 0 spiro atoms. The molecule has 2 aromatic heterocycles. The molecule has 3 rings (SSSR count). The summed E-state index contributed by atoms with van der Waals surface area (Å²) in [6.07, 6.45) is 1.67. The van der Waals surface area contributed by atoms with E-state index in [1.807, 2.05) is 13.1 Å². The molecule has 0 radical (unpaired) electrons. The van der Waals surface area contributed by atoms with Crippen LogP contribution >= 0.6 is 0 Å². The van der Waals surface area contributed by atoms with E-state index in [1.54, 1.807) is 36.9 Å². The van der Waals surface area contributed by atoms with Crippen molar-refractivity contribution in [3.05, 3.63) is 41.6 Å². The van der Waals surface area contributed by atoms with E-state index >= 15 is 0 Å². The van der Waals surface area contributed by atoms with Crippen molar-refractivity contribution < 1.29 is 4.39 Å². The van der Waals surface area contributed by atoms with Gasteiger partial charge in [0.2, 0.25) is 0 Å². The number of aromatic nitrogens is 4. The molecule has 0 aliphatic rings. The van der Waals surface area contributed by atoms with E-state index in [0.717, 1.165) is 5.39 Å². The Bertz CT molecular complexity index is 776. The molecule has 2 heterocycles. The van der Waals surface area contributed by atoms with E-state index in [9.17, 15) is 4.39 Å². The first kappa shape index (κ1) is 11.8. The van der Waals surface area contributed by atoms with E-state index in [-0.39, 0.29) is 5.82 Å². The minimum absolute atomic E-state index is 0.245. The van der Waals surface area contributed by atoms with E-state index in [2.05, 4.69) is 15.1 Å². The third-order valence-electron chi connectivity index (χ3n) is 3.15. The fraction of sp³-hybridized carbons (Fsp3) is 0.214. The maximum absolute atomic E-state index is 14.3. The zero-order valence-electron chi connectivity index (χ0n) is 11.0. The van der Waals surface area contributed by atoms with Crippen LogP contribution in [0.4, 0.5) is 4.39 Å². The first-order chi connectivity index (χ1) is 9.08. The Hall–Kier alpha value is -2.30. The molecule has 1 aromatic carbocycles. The lowest BCUT2D eigenvalue weighted by Crippen LogP contribution is -1.98. The average Bonchev–Trinajstić information content (AvgIpc) is 2.74. The quantitative estimate of drug-likeness (QED) is 0.672. The van der Waals surface area contributed by atoms with Crippen molar-refractivity contribution in [2.75, 3.05) is 0 Å². The van der Waals surface area contributed by atoms with Crippen LogP contribution < -0.4 is 0 Å². The molecular weight excluding hydrogens is 243 g/mol. The molecule has 0 fully saturated rings. The van der Waals surface area contributed by atoms with E-state index in [1.165, 1.54) is 0 Å². The largest absolute Gasteiger partial charge is 0.250 e. The van der Waals surface area contributed by atoms with Gasteiger partial charge >= 0.3 is 0 Å². The van der Waals surface area contributed by atoms with Gasteiger partial charge in [0.05, 0.1) is 17.3 Å². The SMILES string of the molecule is Cc1nc(-c2cccc(C)c2F)c2cnn(C)c2n1. The Labute approximate surface area is 109 Å². The predicted octanol–water partition coefficient (Wildman–Crippen LogP) is 2.79. The predicted molar refractivity (Wildman–Crippen MR) is 71.2 cm³/mol. The Morgan fingerprint density at radius 2 is 1.95 bits per heavy atom. The number of benzene rings is 1. The molecule has 0 atom stereocenters. The molecule has 0 unspecified atom stereocenters. The van der Waals surface area contributed by atoms with Gasteiger partial charge in [-0.1, -0.05) is 12.1 Å². The van der Waals surface area contributed by atoms with Gasteiger partial charge in [-0.2, -0.15) is 5.10 Å². The van der Waals surface area contributed by atoms with Gasteiger partial charge in [-0.3, -0.25) is 4.68 Å². The van der Waals surface area contributed by atoms with Gasteiger partial charge in [-0.05, 0) is 25.5 Å². The van der Waals surface area contributed by atoms with Gasteiger partial charge in [-0.15, -0.1) is 0 Å². The topological polar surface area (TPSA) is 43.6 Å². The summed E-state index contributed by atoms with van der Waals surface area (Å²) in [6.45, 7) is 3.54. The van der Waals surface area contributed by atoms with Gasteiger partial charge in [-0.25, -0.2) is 14.4 Å². The smallest absolute Gasteiger partial charge is 0.161 e. The third-order valence-corrected chi connectivity index (χ3v) is 3.15. The molecule has 19 heavy (non-hydrogen) atoms. The van der Waals surface area contributed by atoms with Crippen LogP contribution in [0.2, 0.25) is 0 Å². The fourth-order valence-corrected chi connectivity index (χ4v) is 2.17. The highest BCUT2D eigenvalue weighted by molar-refractivity contribution is 5.90. The van der Waals surface area contributed by atoms with Crippen LogP contribution in [0.15, 0.2) is 24.4 Å². The van der Waals surface area contributed by atoms with Gasteiger partial charge < -0.3 is 0 Å². The van der Waals surface area contributed by atoms with Crippen LogP contribution in [0, 0.1) is 19.7 Å². The van der Waals surface area contributed by atoms with Crippen molar-refractivity contribution in [3.8, 4) is 11.3 Å². The highest BCUT2D eigenvalue weighted by Crippen LogP contribution is 2.28. The molecule has 0 aliphatic heterocycles. The van der Waals surface area contributed by atoms with Crippen LogP contribution in [-0.2, 0) is 7.05 Å². The number of rotatable bonds is 1. The zero-order valence-corrected chi connectivity index (χ0v) is 11.0. The molecule has 0 N–H and O–H groups in total. The standard InChI is InChI=1S/C14H13FN4/c1-8-5-4-6-10(12(8)15)13-11-7-16-19(3)14(11)18-9(2)17-13/h4-7H,1-3H3. The van der Waals surface area contributed by atoms with Crippen molar-refractivity contribution in [1.82, 2.24) is 19.7 Å². The summed E-state index contributed by atoms with van der Waals surface area (Å²) in [5.41, 5.74) is 2.40. The monoisotopic (exact) mass is 256 g/mol. The first-order valence-electron chi connectivity index (χ1n) is 6.00. The minimum atomic E-state index is -0.245. The minimum Gasteiger partial charge on any atom is -0.250 e. The summed E-state index contributed by atoms with van der Waals surface area (Å²) in [4.78, 5) is 8.72. The van der Waals surface area contributed by atoms with E-state index in [0.29, 0.717) is 28.3 Å². The van der Waals surface area contributed by atoms with Crippen LogP contribution in [0.3, 0.4) is 0 Å². The van der Waals surface area contributed by atoms with E-state index in [4.69, 9.17) is 0 Å². The molecule has 5 heteroatoms. The second-order valence-electron chi connectivity index (χ2n) is 4.56. The van der Waals surface area contributed by atoms with Crippen LogP contribution in [0.5, 0.6) is 0 Å². The van der Waals surface area contributed by atoms with Gasteiger partial charge in [0.25, 0.3) is 0 Å². The molecule has 0 saturated carbocycles. The first-order valence-corrected chi connectivity index (χ1v) is 6.00. The summed E-state index contributed by atoms with van der Waals surface area (Å²) < 4.78 is 15.9. The number of nitrogens with zero attached hydrogens (tertiary/aromatic N) is 4. The van der Waals surface area contributed by atoms with Crippen molar-refractivity contribution in [2.24, 2.45) is 7.05 Å². The van der Waals surface area contributed by atoms with Crippen LogP contribution in [-0.4, -0.2) is 19.7 Å². The molecule has 3 aromatic rings. The zero-order chi connectivity index (χ0) is 13.6. The number of fused-ring (bicyclic) bond motifs is 1. The Kier molecular flexibility index (Phi) is 2.55. The third kappa shape index (κ3) is 1.78. The molecular formula is C14H13FN4. The maximum Gasteiger partial charge on any atom is 0.161 e. The van der Waals surface area contributed by atoms with Crippen molar-refractivity contribution in [2.45, 2.75) is 13.8 Å². The lowest BCUT2D eigenvalue weighted by atomic mass is 10.1. The Morgan fingerprint density at radius 3 is 2.74 bits per heavy atom. The van der Waals surface area contributed by atoms with Crippen LogP contribution in [0.1, 0.15) is 11.4 Å². The molecule has 0 aliphatic carbocycles.